The van der Waals surface area contributed by atoms with Gasteiger partial charge in [0.25, 0.3) is 0 Å². The van der Waals surface area contributed by atoms with Gasteiger partial charge in [-0.15, -0.1) is 21.5 Å². The predicted molar refractivity (Wildman–Crippen MR) is 89.5 cm³/mol. The minimum absolute atomic E-state index is 0.116. The molecule has 0 saturated heterocycles. The molecule has 3 aromatic heterocycles. The number of amides is 1. The van der Waals surface area contributed by atoms with Crippen LogP contribution in [0.25, 0.3) is 11.6 Å². The first kappa shape index (κ1) is 15.8. The summed E-state index contributed by atoms with van der Waals surface area (Å²) in [7, 11) is 0. The van der Waals surface area contributed by atoms with Crippen molar-refractivity contribution >= 4 is 34.1 Å². The normalized spacial score (nSPS) is 12.3. The predicted octanol–water partition coefficient (Wildman–Crippen LogP) is 3.13. The molecule has 0 saturated carbocycles. The largest absolute Gasteiger partial charge is 0.461 e. The Labute approximate surface area is 141 Å². The fraction of sp³-hybridized carbons (Fsp3) is 0.286. The summed E-state index contributed by atoms with van der Waals surface area (Å²) in [5.41, 5.74) is 0. The van der Waals surface area contributed by atoms with Crippen LogP contribution in [0.3, 0.4) is 0 Å². The third kappa shape index (κ3) is 3.45. The van der Waals surface area contributed by atoms with E-state index in [4.69, 9.17) is 4.42 Å². The smallest absolute Gasteiger partial charge is 0.239 e. The van der Waals surface area contributed by atoms with Crippen molar-refractivity contribution in [2.75, 3.05) is 5.32 Å². The van der Waals surface area contributed by atoms with Crippen molar-refractivity contribution in [3.63, 3.8) is 0 Å². The fourth-order valence-corrected chi connectivity index (χ4v) is 3.40. The highest BCUT2D eigenvalue weighted by atomic mass is 32.2. The van der Waals surface area contributed by atoms with Gasteiger partial charge in [0.05, 0.1) is 11.5 Å². The third-order valence-electron chi connectivity index (χ3n) is 3.09. The quantitative estimate of drug-likeness (QED) is 0.688. The lowest BCUT2D eigenvalue weighted by Gasteiger charge is -2.11. The van der Waals surface area contributed by atoms with Crippen LogP contribution in [0, 0.1) is 0 Å². The van der Waals surface area contributed by atoms with Gasteiger partial charge in [-0.3, -0.25) is 9.36 Å². The molecule has 1 atom stereocenters. The van der Waals surface area contributed by atoms with Crippen molar-refractivity contribution in [2.45, 2.75) is 30.8 Å². The van der Waals surface area contributed by atoms with Gasteiger partial charge in [-0.2, -0.15) is 0 Å². The van der Waals surface area contributed by atoms with Gasteiger partial charge in [-0.05, 0) is 26.0 Å². The second-order valence-electron chi connectivity index (χ2n) is 4.61. The number of rotatable bonds is 6. The standard InChI is InChI=1S/C14H15N5O2S2/c1-3-19-11(10-5-4-7-21-10)17-18-14(19)23-9(2)12(20)16-13-15-6-8-22-13/h4-9H,3H2,1-2H3,(H,15,16,20)/t9-/m0/s1. The Bertz CT molecular complexity index is 767. The number of carbonyl (C=O) groups is 1. The molecule has 1 amide bonds. The number of thiazole rings is 1. The molecule has 0 aliphatic rings. The summed E-state index contributed by atoms with van der Waals surface area (Å²) in [6.07, 6.45) is 3.25. The highest BCUT2D eigenvalue weighted by molar-refractivity contribution is 8.00. The molecular formula is C14H15N5O2S2. The van der Waals surface area contributed by atoms with Crippen molar-refractivity contribution < 1.29 is 9.21 Å². The lowest BCUT2D eigenvalue weighted by molar-refractivity contribution is -0.115. The van der Waals surface area contributed by atoms with Crippen molar-refractivity contribution in [1.29, 1.82) is 0 Å². The van der Waals surface area contributed by atoms with Gasteiger partial charge in [-0.1, -0.05) is 11.8 Å². The summed E-state index contributed by atoms with van der Waals surface area (Å²) in [5, 5.41) is 13.9. The monoisotopic (exact) mass is 349 g/mol. The van der Waals surface area contributed by atoms with E-state index in [-0.39, 0.29) is 11.2 Å². The number of carbonyl (C=O) groups excluding carboxylic acids is 1. The van der Waals surface area contributed by atoms with E-state index >= 15 is 0 Å². The van der Waals surface area contributed by atoms with E-state index in [0.29, 0.717) is 28.4 Å². The van der Waals surface area contributed by atoms with Crippen LogP contribution in [0.5, 0.6) is 0 Å². The molecular weight excluding hydrogens is 334 g/mol. The van der Waals surface area contributed by atoms with Crippen LogP contribution in [-0.4, -0.2) is 30.9 Å². The van der Waals surface area contributed by atoms with Crippen molar-refractivity contribution in [2.24, 2.45) is 0 Å². The van der Waals surface area contributed by atoms with Gasteiger partial charge in [0.2, 0.25) is 5.91 Å². The number of aromatic nitrogens is 4. The van der Waals surface area contributed by atoms with E-state index in [0.717, 1.165) is 0 Å². The maximum absolute atomic E-state index is 12.2. The topological polar surface area (TPSA) is 85.8 Å². The van der Waals surface area contributed by atoms with E-state index in [1.165, 1.54) is 23.1 Å². The fourth-order valence-electron chi connectivity index (χ4n) is 1.95. The number of furan rings is 1. The highest BCUT2D eigenvalue weighted by Gasteiger charge is 2.21. The maximum Gasteiger partial charge on any atom is 0.239 e. The molecule has 0 fully saturated rings. The zero-order chi connectivity index (χ0) is 16.2. The Kier molecular flexibility index (Phi) is 4.77. The molecule has 120 valence electrons. The Morgan fingerprint density at radius 2 is 2.39 bits per heavy atom. The van der Waals surface area contributed by atoms with Gasteiger partial charge in [0.1, 0.15) is 0 Å². The number of anilines is 1. The molecule has 0 aromatic carbocycles. The molecule has 23 heavy (non-hydrogen) atoms. The molecule has 3 aromatic rings. The average Bonchev–Trinajstić information content (AvgIpc) is 3.28. The van der Waals surface area contributed by atoms with E-state index in [1.54, 1.807) is 18.5 Å². The molecule has 1 N–H and O–H groups in total. The molecule has 0 aliphatic heterocycles. The van der Waals surface area contributed by atoms with Gasteiger partial charge in [0, 0.05) is 18.1 Å². The van der Waals surface area contributed by atoms with Gasteiger partial charge in [-0.25, -0.2) is 4.98 Å². The molecule has 3 heterocycles. The van der Waals surface area contributed by atoms with Crippen molar-refractivity contribution in [3.8, 4) is 11.6 Å². The SMILES string of the molecule is CCn1c(S[C@@H](C)C(=O)Nc2nccs2)nnc1-c1ccco1. The van der Waals surface area contributed by atoms with Crippen LogP contribution in [0.15, 0.2) is 39.5 Å². The molecule has 0 spiro atoms. The average molecular weight is 349 g/mol. The van der Waals surface area contributed by atoms with E-state index in [1.807, 2.05) is 29.9 Å². The zero-order valence-corrected chi connectivity index (χ0v) is 14.2. The van der Waals surface area contributed by atoms with Gasteiger partial charge >= 0.3 is 0 Å². The number of nitrogens with one attached hydrogen (secondary N) is 1. The number of hydrogen-bond acceptors (Lipinski definition) is 7. The molecule has 9 heteroatoms. The van der Waals surface area contributed by atoms with Gasteiger partial charge in [0.15, 0.2) is 21.9 Å². The lowest BCUT2D eigenvalue weighted by Crippen LogP contribution is -2.22. The van der Waals surface area contributed by atoms with Crippen molar-refractivity contribution in [1.82, 2.24) is 19.7 Å². The van der Waals surface area contributed by atoms with Crippen LogP contribution in [0.2, 0.25) is 0 Å². The summed E-state index contributed by atoms with van der Waals surface area (Å²) >= 11 is 2.74. The first-order valence-corrected chi connectivity index (χ1v) is 8.79. The van der Waals surface area contributed by atoms with E-state index in [9.17, 15) is 4.79 Å². The van der Waals surface area contributed by atoms with E-state index < -0.39 is 0 Å². The van der Waals surface area contributed by atoms with Crippen LogP contribution < -0.4 is 5.32 Å². The second-order valence-corrected chi connectivity index (χ2v) is 6.82. The van der Waals surface area contributed by atoms with Gasteiger partial charge < -0.3 is 9.73 Å². The Morgan fingerprint density at radius 3 is 3.04 bits per heavy atom. The van der Waals surface area contributed by atoms with Crippen LogP contribution in [-0.2, 0) is 11.3 Å². The number of nitrogens with zero attached hydrogens (tertiary/aromatic N) is 4. The molecule has 0 aliphatic carbocycles. The third-order valence-corrected chi connectivity index (χ3v) is 4.86. The Hall–Kier alpha value is -2.13. The minimum Gasteiger partial charge on any atom is -0.461 e. The molecule has 0 bridgehead atoms. The van der Waals surface area contributed by atoms with Crippen LogP contribution in [0.4, 0.5) is 5.13 Å². The summed E-state index contributed by atoms with van der Waals surface area (Å²) in [6, 6.07) is 3.64. The summed E-state index contributed by atoms with van der Waals surface area (Å²) in [6.45, 7) is 4.52. The maximum atomic E-state index is 12.2. The Morgan fingerprint density at radius 1 is 1.52 bits per heavy atom. The summed E-state index contributed by atoms with van der Waals surface area (Å²) in [4.78, 5) is 16.3. The molecule has 3 rings (SSSR count). The molecule has 0 unspecified atom stereocenters. The summed E-state index contributed by atoms with van der Waals surface area (Å²) < 4.78 is 7.31. The Balaban J connectivity index is 1.73. The van der Waals surface area contributed by atoms with Crippen LogP contribution >= 0.6 is 23.1 Å². The first-order chi connectivity index (χ1) is 11.2. The molecule has 7 nitrogen and oxygen atoms in total. The minimum atomic E-state index is -0.321. The number of hydrogen-bond donors (Lipinski definition) is 1. The first-order valence-electron chi connectivity index (χ1n) is 7.03. The zero-order valence-electron chi connectivity index (χ0n) is 12.6. The van der Waals surface area contributed by atoms with E-state index in [2.05, 4.69) is 20.5 Å². The highest BCUT2D eigenvalue weighted by Crippen LogP contribution is 2.27. The number of thioether (sulfide) groups is 1. The lowest BCUT2D eigenvalue weighted by atomic mass is 10.4. The van der Waals surface area contributed by atoms with Crippen molar-refractivity contribution in [3.05, 3.63) is 30.0 Å². The second kappa shape index (κ2) is 6.97. The molecule has 0 radical (unpaired) electrons. The van der Waals surface area contributed by atoms with Crippen LogP contribution in [0.1, 0.15) is 13.8 Å². The summed E-state index contributed by atoms with van der Waals surface area (Å²) in [5.74, 6) is 1.20.